The zero-order valence-corrected chi connectivity index (χ0v) is 11.9. The van der Waals surface area contributed by atoms with E-state index in [0.717, 1.165) is 19.6 Å². The van der Waals surface area contributed by atoms with Gasteiger partial charge < -0.3 is 10.2 Å². The van der Waals surface area contributed by atoms with E-state index in [1.165, 1.54) is 6.42 Å². The Labute approximate surface area is 113 Å². The van der Waals surface area contributed by atoms with Crippen molar-refractivity contribution in [2.45, 2.75) is 27.2 Å². The highest BCUT2D eigenvalue weighted by Gasteiger charge is 2.27. The van der Waals surface area contributed by atoms with Crippen molar-refractivity contribution in [1.82, 2.24) is 15.0 Å². The second-order valence-corrected chi connectivity index (χ2v) is 5.34. The average molecular weight is 270 g/mol. The van der Waals surface area contributed by atoms with Gasteiger partial charge in [0.2, 0.25) is 17.2 Å². The van der Waals surface area contributed by atoms with E-state index in [2.05, 4.69) is 39.0 Å². The molecule has 2 heterocycles. The standard InChI is InChI=1S/C12H20ClN5/c1-4-14-11-15-10(13)16-12(17-11)18-6-5-9(7-18)8(2)3/h8-9H,4-7H2,1-3H3,(H,14,15,16,17). The lowest BCUT2D eigenvalue weighted by molar-refractivity contribution is 0.422. The number of hydrogen-bond donors (Lipinski definition) is 1. The van der Waals surface area contributed by atoms with Gasteiger partial charge in [-0.3, -0.25) is 0 Å². The van der Waals surface area contributed by atoms with Crippen molar-refractivity contribution in [3.63, 3.8) is 0 Å². The number of aromatic nitrogens is 3. The van der Waals surface area contributed by atoms with Crippen molar-refractivity contribution >= 4 is 23.5 Å². The minimum Gasteiger partial charge on any atom is -0.354 e. The van der Waals surface area contributed by atoms with Crippen LogP contribution in [0.3, 0.4) is 0 Å². The minimum absolute atomic E-state index is 0.254. The van der Waals surface area contributed by atoms with E-state index < -0.39 is 0 Å². The van der Waals surface area contributed by atoms with Crippen molar-refractivity contribution in [3.05, 3.63) is 5.28 Å². The summed E-state index contributed by atoms with van der Waals surface area (Å²) >= 11 is 5.93. The van der Waals surface area contributed by atoms with Crippen LogP contribution < -0.4 is 10.2 Å². The molecule has 1 saturated heterocycles. The Bertz CT molecular complexity index is 409. The summed E-state index contributed by atoms with van der Waals surface area (Å²) in [7, 11) is 0. The first-order valence-electron chi connectivity index (χ1n) is 6.50. The molecule has 6 heteroatoms. The third-order valence-corrected chi connectivity index (χ3v) is 3.55. The van der Waals surface area contributed by atoms with Crippen LogP contribution in [0.2, 0.25) is 5.28 Å². The number of nitrogens with zero attached hydrogens (tertiary/aromatic N) is 4. The van der Waals surface area contributed by atoms with E-state index in [9.17, 15) is 0 Å². The first-order chi connectivity index (χ1) is 8.60. The number of nitrogens with one attached hydrogen (secondary N) is 1. The van der Waals surface area contributed by atoms with Gasteiger partial charge in [-0.05, 0) is 36.8 Å². The summed E-state index contributed by atoms with van der Waals surface area (Å²) in [5.41, 5.74) is 0. The molecule has 1 atom stereocenters. The van der Waals surface area contributed by atoms with Crippen LogP contribution in [0, 0.1) is 11.8 Å². The van der Waals surface area contributed by atoms with Crippen molar-refractivity contribution < 1.29 is 0 Å². The summed E-state index contributed by atoms with van der Waals surface area (Å²) in [4.78, 5) is 14.9. The maximum Gasteiger partial charge on any atom is 0.231 e. The molecule has 1 N–H and O–H groups in total. The van der Waals surface area contributed by atoms with E-state index in [4.69, 9.17) is 11.6 Å². The minimum atomic E-state index is 0.254. The molecule has 0 radical (unpaired) electrons. The van der Waals surface area contributed by atoms with Crippen LogP contribution in [-0.4, -0.2) is 34.6 Å². The van der Waals surface area contributed by atoms with Gasteiger partial charge in [-0.25, -0.2) is 0 Å². The fourth-order valence-corrected chi connectivity index (χ4v) is 2.39. The molecule has 1 fully saturated rings. The van der Waals surface area contributed by atoms with Crippen LogP contribution in [0.4, 0.5) is 11.9 Å². The van der Waals surface area contributed by atoms with Gasteiger partial charge in [-0.1, -0.05) is 13.8 Å². The molecule has 18 heavy (non-hydrogen) atoms. The fourth-order valence-electron chi connectivity index (χ4n) is 2.23. The molecule has 0 aliphatic carbocycles. The van der Waals surface area contributed by atoms with Crippen molar-refractivity contribution in [2.24, 2.45) is 11.8 Å². The van der Waals surface area contributed by atoms with Crippen molar-refractivity contribution in [2.75, 3.05) is 29.9 Å². The molecule has 0 bridgehead atoms. The van der Waals surface area contributed by atoms with Gasteiger partial charge in [0.15, 0.2) is 0 Å². The maximum atomic E-state index is 5.93. The zero-order valence-electron chi connectivity index (χ0n) is 11.1. The Morgan fingerprint density at radius 3 is 2.78 bits per heavy atom. The lowest BCUT2D eigenvalue weighted by atomic mass is 9.95. The third-order valence-electron chi connectivity index (χ3n) is 3.38. The van der Waals surface area contributed by atoms with Crippen LogP contribution in [0.25, 0.3) is 0 Å². The lowest BCUT2D eigenvalue weighted by Gasteiger charge is -2.18. The number of hydrogen-bond acceptors (Lipinski definition) is 5. The van der Waals surface area contributed by atoms with E-state index in [1.54, 1.807) is 0 Å². The summed E-state index contributed by atoms with van der Waals surface area (Å²) in [6.07, 6.45) is 1.19. The molecule has 5 nitrogen and oxygen atoms in total. The number of rotatable bonds is 4. The van der Waals surface area contributed by atoms with Crippen LogP contribution in [-0.2, 0) is 0 Å². The summed E-state index contributed by atoms with van der Waals surface area (Å²) in [6.45, 7) is 9.30. The summed E-state index contributed by atoms with van der Waals surface area (Å²) < 4.78 is 0. The molecule has 1 aliphatic heterocycles. The Morgan fingerprint density at radius 1 is 1.39 bits per heavy atom. The Balaban J connectivity index is 2.13. The highest BCUT2D eigenvalue weighted by Crippen LogP contribution is 2.27. The molecule has 0 spiro atoms. The molecule has 1 unspecified atom stereocenters. The molecule has 100 valence electrons. The molecule has 0 saturated carbocycles. The fraction of sp³-hybridized carbons (Fsp3) is 0.750. The Hall–Kier alpha value is -1.10. The molecule has 1 aliphatic rings. The van der Waals surface area contributed by atoms with Crippen LogP contribution in [0.15, 0.2) is 0 Å². The van der Waals surface area contributed by atoms with Gasteiger partial charge in [0.05, 0.1) is 0 Å². The van der Waals surface area contributed by atoms with Gasteiger partial charge >= 0.3 is 0 Å². The molecule has 1 aromatic rings. The largest absolute Gasteiger partial charge is 0.354 e. The van der Waals surface area contributed by atoms with E-state index in [-0.39, 0.29) is 5.28 Å². The molecule has 0 aromatic carbocycles. The first kappa shape index (κ1) is 13.3. The van der Waals surface area contributed by atoms with Gasteiger partial charge in [-0.15, -0.1) is 0 Å². The quantitative estimate of drug-likeness (QED) is 0.910. The topological polar surface area (TPSA) is 53.9 Å². The highest BCUT2D eigenvalue weighted by molar-refractivity contribution is 6.28. The van der Waals surface area contributed by atoms with Gasteiger partial charge in [0, 0.05) is 19.6 Å². The third kappa shape index (κ3) is 3.02. The molecule has 1 aromatic heterocycles. The SMILES string of the molecule is CCNc1nc(Cl)nc(N2CCC(C(C)C)C2)n1. The molecular formula is C12H20ClN5. The smallest absolute Gasteiger partial charge is 0.231 e. The molecule has 2 rings (SSSR count). The van der Waals surface area contributed by atoms with Crippen molar-refractivity contribution in [1.29, 1.82) is 0 Å². The second kappa shape index (κ2) is 5.69. The maximum absolute atomic E-state index is 5.93. The predicted molar refractivity (Wildman–Crippen MR) is 74.2 cm³/mol. The molecular weight excluding hydrogens is 250 g/mol. The summed E-state index contributed by atoms with van der Waals surface area (Å²) in [5.74, 6) is 2.65. The summed E-state index contributed by atoms with van der Waals surface area (Å²) in [6, 6.07) is 0. The highest BCUT2D eigenvalue weighted by atomic mass is 35.5. The van der Waals surface area contributed by atoms with Crippen LogP contribution in [0.5, 0.6) is 0 Å². The van der Waals surface area contributed by atoms with Gasteiger partial charge in [0.25, 0.3) is 0 Å². The van der Waals surface area contributed by atoms with E-state index >= 15 is 0 Å². The van der Waals surface area contributed by atoms with Crippen molar-refractivity contribution in [3.8, 4) is 0 Å². The lowest BCUT2D eigenvalue weighted by Crippen LogP contribution is -2.24. The zero-order chi connectivity index (χ0) is 13.1. The monoisotopic (exact) mass is 269 g/mol. The Kier molecular flexibility index (Phi) is 4.22. The van der Waals surface area contributed by atoms with Crippen LogP contribution in [0.1, 0.15) is 27.2 Å². The second-order valence-electron chi connectivity index (χ2n) is 5.00. The van der Waals surface area contributed by atoms with Gasteiger partial charge in [0.1, 0.15) is 0 Å². The first-order valence-corrected chi connectivity index (χ1v) is 6.88. The Morgan fingerprint density at radius 2 is 2.17 bits per heavy atom. The van der Waals surface area contributed by atoms with E-state index in [0.29, 0.717) is 23.7 Å². The van der Waals surface area contributed by atoms with Crippen LogP contribution >= 0.6 is 11.6 Å². The number of halogens is 1. The van der Waals surface area contributed by atoms with E-state index in [1.807, 2.05) is 6.92 Å². The average Bonchev–Trinajstić information content (AvgIpc) is 2.78. The predicted octanol–water partition coefficient (Wildman–Crippen LogP) is 2.44. The number of anilines is 2. The van der Waals surface area contributed by atoms with Gasteiger partial charge in [-0.2, -0.15) is 15.0 Å². The summed E-state index contributed by atoms with van der Waals surface area (Å²) in [5, 5.41) is 3.33. The normalized spacial score (nSPS) is 19.6. The molecule has 0 amide bonds.